The van der Waals surface area contributed by atoms with Gasteiger partial charge in [-0.25, -0.2) is 4.79 Å². The molecule has 0 saturated carbocycles. The molecule has 0 fully saturated rings. The number of pyridine rings is 1. The molecule has 0 radical (unpaired) electrons. The number of aryl methyl sites for hydroxylation is 1. The molecular formula is C20H34N4O3. The van der Waals surface area contributed by atoms with E-state index in [1.807, 2.05) is 67.5 Å². The minimum absolute atomic E-state index is 0.0175. The molecule has 0 aliphatic carbocycles. The average molecular weight is 379 g/mol. The summed E-state index contributed by atoms with van der Waals surface area (Å²) >= 11 is 0. The van der Waals surface area contributed by atoms with E-state index in [4.69, 9.17) is 4.74 Å². The molecule has 7 nitrogen and oxygen atoms in total. The first-order valence-corrected chi connectivity index (χ1v) is 9.24. The van der Waals surface area contributed by atoms with Crippen LogP contribution < -0.4 is 16.0 Å². The van der Waals surface area contributed by atoms with Gasteiger partial charge in [-0.1, -0.05) is 6.07 Å². The van der Waals surface area contributed by atoms with Crippen LogP contribution in [0.5, 0.6) is 0 Å². The van der Waals surface area contributed by atoms with Gasteiger partial charge in [-0.15, -0.1) is 0 Å². The number of aromatic nitrogens is 1. The van der Waals surface area contributed by atoms with Crippen LogP contribution >= 0.6 is 0 Å². The number of rotatable bonds is 6. The first kappa shape index (κ1) is 22.9. The fraction of sp³-hybridized carbons (Fsp3) is 0.650. The highest BCUT2D eigenvalue weighted by atomic mass is 16.6. The van der Waals surface area contributed by atoms with Gasteiger partial charge in [0.05, 0.1) is 18.8 Å². The monoisotopic (exact) mass is 378 g/mol. The van der Waals surface area contributed by atoms with E-state index in [2.05, 4.69) is 20.9 Å². The van der Waals surface area contributed by atoms with Crippen molar-refractivity contribution in [1.82, 2.24) is 20.9 Å². The molecule has 0 aliphatic heterocycles. The molecule has 1 heterocycles. The van der Waals surface area contributed by atoms with Gasteiger partial charge in [0.2, 0.25) is 5.91 Å². The van der Waals surface area contributed by atoms with Crippen molar-refractivity contribution in [2.24, 2.45) is 0 Å². The SMILES string of the molecule is Cc1nc(CNC(=O)OC(C)(C)C)ccc1[C@H](C)NCC(=O)NC(C)(C)C. The summed E-state index contributed by atoms with van der Waals surface area (Å²) < 4.78 is 5.21. The molecular weight excluding hydrogens is 344 g/mol. The van der Waals surface area contributed by atoms with Gasteiger partial charge in [0.1, 0.15) is 5.60 Å². The summed E-state index contributed by atoms with van der Waals surface area (Å²) in [6.07, 6.45) is -0.467. The molecule has 1 rings (SSSR count). The molecule has 1 aromatic heterocycles. The third-order valence-corrected chi connectivity index (χ3v) is 3.55. The van der Waals surface area contributed by atoms with E-state index in [1.165, 1.54) is 0 Å². The Morgan fingerprint density at radius 3 is 2.30 bits per heavy atom. The van der Waals surface area contributed by atoms with E-state index in [-0.39, 0.29) is 24.0 Å². The second-order valence-corrected chi connectivity index (χ2v) is 8.73. The average Bonchev–Trinajstić information content (AvgIpc) is 2.47. The zero-order valence-corrected chi connectivity index (χ0v) is 17.8. The van der Waals surface area contributed by atoms with Crippen LogP contribution in [0.25, 0.3) is 0 Å². The van der Waals surface area contributed by atoms with Crippen molar-refractivity contribution in [3.05, 3.63) is 29.1 Å². The molecule has 1 atom stereocenters. The maximum atomic E-state index is 11.9. The molecule has 7 heteroatoms. The second-order valence-electron chi connectivity index (χ2n) is 8.73. The normalized spacial score (nSPS) is 13.0. The summed E-state index contributed by atoms with van der Waals surface area (Å²) in [6.45, 7) is 15.8. The van der Waals surface area contributed by atoms with E-state index in [1.54, 1.807) is 0 Å². The maximum Gasteiger partial charge on any atom is 0.407 e. The van der Waals surface area contributed by atoms with Gasteiger partial charge in [0.15, 0.2) is 0 Å². The van der Waals surface area contributed by atoms with Gasteiger partial charge in [-0.05, 0) is 67.0 Å². The largest absolute Gasteiger partial charge is 0.444 e. The lowest BCUT2D eigenvalue weighted by molar-refractivity contribution is -0.121. The predicted molar refractivity (Wildman–Crippen MR) is 106 cm³/mol. The molecule has 2 amide bonds. The van der Waals surface area contributed by atoms with Crippen molar-refractivity contribution in [1.29, 1.82) is 0 Å². The quantitative estimate of drug-likeness (QED) is 0.708. The van der Waals surface area contributed by atoms with Crippen LogP contribution in [-0.4, -0.2) is 34.7 Å². The van der Waals surface area contributed by atoms with Gasteiger partial charge in [0, 0.05) is 17.3 Å². The third-order valence-electron chi connectivity index (χ3n) is 3.55. The van der Waals surface area contributed by atoms with Crippen LogP contribution in [-0.2, 0) is 16.1 Å². The summed E-state index contributed by atoms with van der Waals surface area (Å²) in [5, 5.41) is 8.84. The molecule has 0 bridgehead atoms. The van der Waals surface area contributed by atoms with Crippen molar-refractivity contribution in [2.75, 3.05) is 6.54 Å². The maximum absolute atomic E-state index is 11.9. The third kappa shape index (κ3) is 9.38. The van der Waals surface area contributed by atoms with E-state index < -0.39 is 11.7 Å². The van der Waals surface area contributed by atoms with Gasteiger partial charge in [-0.2, -0.15) is 0 Å². The van der Waals surface area contributed by atoms with E-state index in [0.29, 0.717) is 6.54 Å². The topological polar surface area (TPSA) is 92.3 Å². The number of hydrogen-bond acceptors (Lipinski definition) is 5. The summed E-state index contributed by atoms with van der Waals surface area (Å²) in [5.74, 6) is -0.0434. The fourth-order valence-electron chi connectivity index (χ4n) is 2.48. The predicted octanol–water partition coefficient (Wildman–Crippen LogP) is 2.98. The Bertz CT molecular complexity index is 660. The Balaban J connectivity index is 2.59. The van der Waals surface area contributed by atoms with Crippen LogP contribution in [0.1, 0.15) is 71.5 Å². The van der Waals surface area contributed by atoms with E-state index in [9.17, 15) is 9.59 Å². The number of nitrogens with zero attached hydrogens (tertiary/aromatic N) is 1. The number of alkyl carbamates (subject to hydrolysis) is 1. The van der Waals surface area contributed by atoms with E-state index >= 15 is 0 Å². The Labute approximate surface area is 162 Å². The van der Waals surface area contributed by atoms with Gasteiger partial charge in [-0.3, -0.25) is 9.78 Å². The lowest BCUT2D eigenvalue weighted by atomic mass is 10.1. The molecule has 0 unspecified atom stereocenters. The Hall–Kier alpha value is -2.15. The number of carbonyl (C=O) groups is 2. The summed E-state index contributed by atoms with van der Waals surface area (Å²) in [4.78, 5) is 28.2. The molecule has 0 saturated heterocycles. The number of ether oxygens (including phenoxy) is 1. The highest BCUT2D eigenvalue weighted by Gasteiger charge is 2.17. The van der Waals surface area contributed by atoms with Crippen LogP contribution in [0.4, 0.5) is 4.79 Å². The minimum atomic E-state index is -0.530. The van der Waals surface area contributed by atoms with Gasteiger partial charge in [0.25, 0.3) is 0 Å². The molecule has 0 aliphatic rings. The Morgan fingerprint density at radius 1 is 1.15 bits per heavy atom. The first-order chi connectivity index (χ1) is 12.3. The highest BCUT2D eigenvalue weighted by Crippen LogP contribution is 2.16. The smallest absolute Gasteiger partial charge is 0.407 e. The number of amides is 2. The number of hydrogen-bond donors (Lipinski definition) is 3. The summed E-state index contributed by atoms with van der Waals surface area (Å²) in [6, 6.07) is 3.82. The Kier molecular flexibility index (Phi) is 7.77. The first-order valence-electron chi connectivity index (χ1n) is 9.24. The zero-order chi connectivity index (χ0) is 20.8. The second kappa shape index (κ2) is 9.17. The molecule has 0 aromatic carbocycles. The van der Waals surface area contributed by atoms with Crippen LogP contribution in [0.2, 0.25) is 0 Å². The van der Waals surface area contributed by atoms with Gasteiger partial charge < -0.3 is 20.7 Å². The van der Waals surface area contributed by atoms with Crippen molar-refractivity contribution >= 4 is 12.0 Å². The van der Waals surface area contributed by atoms with Crippen molar-refractivity contribution in [3.8, 4) is 0 Å². The van der Waals surface area contributed by atoms with Crippen LogP contribution in [0.3, 0.4) is 0 Å². The molecule has 27 heavy (non-hydrogen) atoms. The standard InChI is InChI=1S/C20H34N4O3/c1-13(21-12-17(25)24-19(3,4)5)16-10-9-15(23-14(16)2)11-22-18(26)27-20(6,7)8/h9-10,13,21H,11-12H2,1-8H3,(H,22,26)(H,24,25)/t13-/m0/s1. The Morgan fingerprint density at radius 2 is 1.78 bits per heavy atom. The lowest BCUT2D eigenvalue weighted by Crippen LogP contribution is -2.45. The minimum Gasteiger partial charge on any atom is -0.444 e. The molecule has 3 N–H and O–H groups in total. The van der Waals surface area contributed by atoms with Crippen LogP contribution in [0.15, 0.2) is 12.1 Å². The van der Waals surface area contributed by atoms with E-state index in [0.717, 1.165) is 17.0 Å². The van der Waals surface area contributed by atoms with Crippen LogP contribution in [0, 0.1) is 6.92 Å². The summed E-state index contributed by atoms with van der Waals surface area (Å²) in [7, 11) is 0. The number of carbonyl (C=O) groups excluding carboxylic acids is 2. The van der Waals surface area contributed by atoms with Crippen molar-refractivity contribution in [3.63, 3.8) is 0 Å². The highest BCUT2D eigenvalue weighted by molar-refractivity contribution is 5.78. The van der Waals surface area contributed by atoms with Crippen molar-refractivity contribution in [2.45, 2.75) is 79.1 Å². The molecule has 0 spiro atoms. The van der Waals surface area contributed by atoms with Crippen molar-refractivity contribution < 1.29 is 14.3 Å². The lowest BCUT2D eigenvalue weighted by Gasteiger charge is -2.22. The molecule has 152 valence electrons. The fourth-order valence-corrected chi connectivity index (χ4v) is 2.48. The zero-order valence-electron chi connectivity index (χ0n) is 17.8. The van der Waals surface area contributed by atoms with Gasteiger partial charge >= 0.3 is 6.09 Å². The summed E-state index contributed by atoms with van der Waals surface area (Å²) in [5.41, 5.74) is 1.84. The number of nitrogens with one attached hydrogen (secondary N) is 3. The molecule has 1 aromatic rings.